The monoisotopic (exact) mass is 268 g/mol. The van der Waals surface area contributed by atoms with Gasteiger partial charge < -0.3 is 20.1 Å². The fourth-order valence-electron chi connectivity index (χ4n) is 1.47. The summed E-state index contributed by atoms with van der Waals surface area (Å²) in [5.41, 5.74) is 7.58. The van der Waals surface area contributed by atoms with Gasteiger partial charge in [-0.2, -0.15) is 0 Å². The normalized spacial score (nSPS) is 10.3. The van der Waals surface area contributed by atoms with Crippen molar-refractivity contribution in [1.82, 2.24) is 0 Å². The Balaban J connectivity index is 2.43. The first-order chi connectivity index (χ1) is 8.65. The van der Waals surface area contributed by atoms with Gasteiger partial charge in [-0.3, -0.25) is 0 Å². The molecule has 2 N–H and O–H groups in total. The van der Waals surface area contributed by atoms with Crippen LogP contribution in [0, 0.1) is 0 Å². The van der Waals surface area contributed by atoms with Crippen LogP contribution >= 0.6 is 12.2 Å². The summed E-state index contributed by atoms with van der Waals surface area (Å²) in [4.78, 5) is 2.52. The van der Waals surface area contributed by atoms with Gasteiger partial charge in [-0.15, -0.1) is 0 Å². The molecule has 4 nitrogen and oxygen atoms in total. The fraction of sp³-hybridized carbons (Fsp3) is 0.462. The number of anilines is 1. The van der Waals surface area contributed by atoms with E-state index < -0.39 is 0 Å². The lowest BCUT2D eigenvalue weighted by molar-refractivity contribution is 0.0744. The van der Waals surface area contributed by atoms with Crippen molar-refractivity contribution in [3.8, 4) is 0 Å². The number of rotatable bonds is 8. The van der Waals surface area contributed by atoms with Crippen LogP contribution in [0.4, 0.5) is 5.69 Å². The van der Waals surface area contributed by atoms with Crippen LogP contribution < -0.4 is 10.6 Å². The highest BCUT2D eigenvalue weighted by molar-refractivity contribution is 7.80. The van der Waals surface area contributed by atoms with Crippen molar-refractivity contribution in [2.45, 2.75) is 0 Å². The topological polar surface area (TPSA) is 47.7 Å². The molecule has 18 heavy (non-hydrogen) atoms. The lowest BCUT2D eigenvalue weighted by atomic mass is 10.2. The molecule has 0 spiro atoms. The standard InChI is InChI=1S/C13H20N2O2S/c1-15(6-7-17-9-8-16-2)12-5-3-4-11(10-12)13(14)18/h3-5,10H,6-9H2,1-2H3,(H2,14,18). The number of likely N-dealkylation sites (N-methyl/N-ethyl adjacent to an activating group) is 1. The number of nitrogens with zero attached hydrogens (tertiary/aromatic N) is 1. The van der Waals surface area contributed by atoms with Crippen molar-refractivity contribution in [2.75, 3.05) is 45.4 Å². The van der Waals surface area contributed by atoms with Crippen LogP contribution in [0.25, 0.3) is 0 Å². The molecule has 0 fully saturated rings. The molecule has 0 amide bonds. The minimum atomic E-state index is 0.418. The Morgan fingerprint density at radius 1 is 1.33 bits per heavy atom. The maximum absolute atomic E-state index is 5.61. The van der Waals surface area contributed by atoms with Gasteiger partial charge >= 0.3 is 0 Å². The van der Waals surface area contributed by atoms with Gasteiger partial charge in [0.05, 0.1) is 19.8 Å². The average molecular weight is 268 g/mol. The lowest BCUT2D eigenvalue weighted by Gasteiger charge is -2.19. The van der Waals surface area contributed by atoms with Crippen LogP contribution in [0.15, 0.2) is 24.3 Å². The quantitative estimate of drug-likeness (QED) is 0.571. The highest BCUT2D eigenvalue weighted by Gasteiger charge is 2.03. The first-order valence-corrected chi connectivity index (χ1v) is 6.23. The molecule has 1 aromatic rings. The Morgan fingerprint density at radius 3 is 2.78 bits per heavy atom. The van der Waals surface area contributed by atoms with E-state index >= 15 is 0 Å². The van der Waals surface area contributed by atoms with Gasteiger partial charge in [0.1, 0.15) is 4.99 Å². The molecule has 0 radical (unpaired) electrons. The van der Waals surface area contributed by atoms with E-state index in [-0.39, 0.29) is 0 Å². The van der Waals surface area contributed by atoms with E-state index in [9.17, 15) is 0 Å². The Morgan fingerprint density at radius 2 is 2.11 bits per heavy atom. The Bertz CT molecular complexity index is 385. The predicted octanol–water partition coefficient (Wildman–Crippen LogP) is 1.42. The summed E-state index contributed by atoms with van der Waals surface area (Å²) in [7, 11) is 3.68. The molecule has 0 aliphatic carbocycles. The number of ether oxygens (including phenoxy) is 2. The number of thiocarbonyl (C=S) groups is 1. The first kappa shape index (κ1) is 14.9. The molecule has 1 rings (SSSR count). The highest BCUT2D eigenvalue weighted by Crippen LogP contribution is 2.14. The van der Waals surface area contributed by atoms with Gasteiger partial charge in [0.2, 0.25) is 0 Å². The zero-order valence-electron chi connectivity index (χ0n) is 10.9. The van der Waals surface area contributed by atoms with E-state index in [0.29, 0.717) is 24.8 Å². The zero-order valence-corrected chi connectivity index (χ0v) is 11.7. The smallest absolute Gasteiger partial charge is 0.104 e. The second-order valence-electron chi connectivity index (χ2n) is 3.94. The average Bonchev–Trinajstić information content (AvgIpc) is 2.38. The molecule has 0 heterocycles. The van der Waals surface area contributed by atoms with Crippen LogP contribution in [-0.2, 0) is 9.47 Å². The molecule has 0 aromatic heterocycles. The summed E-state index contributed by atoms with van der Waals surface area (Å²) in [6.45, 7) is 2.72. The van der Waals surface area contributed by atoms with Gasteiger partial charge in [0.15, 0.2) is 0 Å². The number of hydrogen-bond acceptors (Lipinski definition) is 4. The first-order valence-electron chi connectivity index (χ1n) is 5.83. The summed E-state index contributed by atoms with van der Waals surface area (Å²) in [5, 5.41) is 0. The summed E-state index contributed by atoms with van der Waals surface area (Å²) in [5.74, 6) is 0. The molecule has 1 aromatic carbocycles. The maximum Gasteiger partial charge on any atom is 0.104 e. The molecule has 5 heteroatoms. The van der Waals surface area contributed by atoms with E-state index in [0.717, 1.165) is 17.8 Å². The highest BCUT2D eigenvalue weighted by atomic mass is 32.1. The minimum Gasteiger partial charge on any atom is -0.389 e. The van der Waals surface area contributed by atoms with Crippen molar-refractivity contribution in [3.63, 3.8) is 0 Å². The van der Waals surface area contributed by atoms with Crippen molar-refractivity contribution in [2.24, 2.45) is 5.73 Å². The molecule has 0 atom stereocenters. The molecular weight excluding hydrogens is 248 g/mol. The molecule has 0 unspecified atom stereocenters. The third-order valence-electron chi connectivity index (χ3n) is 2.57. The minimum absolute atomic E-state index is 0.418. The largest absolute Gasteiger partial charge is 0.389 e. The zero-order chi connectivity index (χ0) is 13.4. The van der Waals surface area contributed by atoms with Gasteiger partial charge in [-0.05, 0) is 12.1 Å². The van der Waals surface area contributed by atoms with Crippen molar-refractivity contribution in [1.29, 1.82) is 0 Å². The Kier molecular flexibility index (Phi) is 6.64. The lowest BCUT2D eigenvalue weighted by Crippen LogP contribution is -2.23. The van der Waals surface area contributed by atoms with E-state index in [2.05, 4.69) is 4.90 Å². The number of hydrogen-bond donors (Lipinski definition) is 1. The molecule has 0 aliphatic heterocycles. The molecular formula is C13H20N2O2S. The maximum atomic E-state index is 5.61. The van der Waals surface area contributed by atoms with Gasteiger partial charge in [0, 0.05) is 32.0 Å². The predicted molar refractivity (Wildman–Crippen MR) is 78.3 cm³/mol. The Hall–Kier alpha value is -1.17. The van der Waals surface area contributed by atoms with Crippen molar-refractivity contribution < 1.29 is 9.47 Å². The number of nitrogens with two attached hydrogens (primary N) is 1. The van der Waals surface area contributed by atoms with Crippen LogP contribution in [-0.4, -0.2) is 45.5 Å². The van der Waals surface area contributed by atoms with Crippen LogP contribution in [0.5, 0.6) is 0 Å². The fourth-order valence-corrected chi connectivity index (χ4v) is 1.60. The van der Waals surface area contributed by atoms with Crippen molar-refractivity contribution >= 4 is 22.9 Å². The van der Waals surface area contributed by atoms with Gasteiger partial charge in [0.25, 0.3) is 0 Å². The van der Waals surface area contributed by atoms with Crippen LogP contribution in [0.2, 0.25) is 0 Å². The third-order valence-corrected chi connectivity index (χ3v) is 2.81. The van der Waals surface area contributed by atoms with Gasteiger partial charge in [-0.25, -0.2) is 0 Å². The summed E-state index contributed by atoms with van der Waals surface area (Å²) in [6, 6.07) is 7.87. The summed E-state index contributed by atoms with van der Waals surface area (Å²) < 4.78 is 10.3. The molecule has 0 saturated carbocycles. The second kappa shape index (κ2) is 8.02. The summed E-state index contributed by atoms with van der Waals surface area (Å²) >= 11 is 4.96. The van der Waals surface area contributed by atoms with Crippen LogP contribution in [0.1, 0.15) is 5.56 Å². The van der Waals surface area contributed by atoms with Crippen molar-refractivity contribution in [3.05, 3.63) is 29.8 Å². The molecule has 0 aliphatic rings. The van der Waals surface area contributed by atoms with E-state index in [1.165, 1.54) is 0 Å². The molecule has 0 bridgehead atoms. The van der Waals surface area contributed by atoms with E-state index in [1.807, 2.05) is 31.3 Å². The Labute approximate surface area is 114 Å². The molecule has 0 saturated heterocycles. The summed E-state index contributed by atoms with van der Waals surface area (Å²) in [6.07, 6.45) is 0. The SMILES string of the molecule is COCCOCCN(C)c1cccc(C(N)=S)c1. The van der Waals surface area contributed by atoms with Crippen LogP contribution in [0.3, 0.4) is 0 Å². The van der Waals surface area contributed by atoms with E-state index in [1.54, 1.807) is 7.11 Å². The number of methoxy groups -OCH3 is 1. The third kappa shape index (κ3) is 5.00. The second-order valence-corrected chi connectivity index (χ2v) is 4.38. The van der Waals surface area contributed by atoms with Gasteiger partial charge in [-0.1, -0.05) is 24.4 Å². The molecule has 100 valence electrons. The number of benzene rings is 1. The van der Waals surface area contributed by atoms with E-state index in [4.69, 9.17) is 27.4 Å².